The van der Waals surface area contributed by atoms with Gasteiger partial charge in [0.15, 0.2) is 0 Å². The molecule has 0 saturated heterocycles. The van der Waals surface area contributed by atoms with E-state index in [2.05, 4.69) is 21.7 Å². The Balaban J connectivity index is 2.89. The Kier molecular flexibility index (Phi) is 6.01. The van der Waals surface area contributed by atoms with E-state index in [9.17, 15) is 4.39 Å². The van der Waals surface area contributed by atoms with E-state index in [1.807, 2.05) is 14.1 Å². The lowest BCUT2D eigenvalue weighted by Crippen LogP contribution is -2.33. The zero-order valence-electron chi connectivity index (χ0n) is 11.5. The van der Waals surface area contributed by atoms with Crippen molar-refractivity contribution in [3.63, 3.8) is 0 Å². The van der Waals surface area contributed by atoms with Crippen LogP contribution in [0.3, 0.4) is 0 Å². The fourth-order valence-corrected chi connectivity index (χ4v) is 1.82. The average molecular weight is 254 g/mol. The minimum Gasteiger partial charge on any atom is -0.355 e. The summed E-state index contributed by atoms with van der Waals surface area (Å²) in [6.45, 7) is 5.13. The highest BCUT2D eigenvalue weighted by Crippen LogP contribution is 2.18. The van der Waals surface area contributed by atoms with Crippen LogP contribution in [0.25, 0.3) is 0 Å². The fraction of sp³-hybridized carbons (Fsp3) is 0.615. The molecule has 0 saturated carbocycles. The molecule has 0 aliphatic carbocycles. The van der Waals surface area contributed by atoms with Crippen LogP contribution in [0.1, 0.15) is 18.9 Å². The van der Waals surface area contributed by atoms with E-state index < -0.39 is 0 Å². The lowest BCUT2D eigenvalue weighted by Gasteiger charge is -2.26. The van der Waals surface area contributed by atoms with E-state index in [1.54, 1.807) is 0 Å². The second-order valence-corrected chi connectivity index (χ2v) is 4.63. The molecule has 0 spiro atoms. The van der Waals surface area contributed by atoms with E-state index in [0.29, 0.717) is 6.54 Å². The highest BCUT2D eigenvalue weighted by molar-refractivity contribution is 5.46. The number of likely N-dealkylation sites (N-methyl/N-ethyl adjacent to an activating group) is 1. The molecule has 0 fully saturated rings. The minimum atomic E-state index is -0.330. The summed E-state index contributed by atoms with van der Waals surface area (Å²) < 4.78 is 13.2. The number of nitrogens with two attached hydrogens (primary N) is 1. The molecule has 1 aromatic heterocycles. The third kappa shape index (κ3) is 4.23. The molecule has 0 unspecified atom stereocenters. The molecule has 0 bridgehead atoms. The normalized spacial score (nSPS) is 11.0. The van der Waals surface area contributed by atoms with Crippen LogP contribution in [-0.4, -0.2) is 43.6 Å². The number of anilines is 1. The van der Waals surface area contributed by atoms with Crippen LogP contribution in [0.15, 0.2) is 12.3 Å². The van der Waals surface area contributed by atoms with Crippen LogP contribution in [0.5, 0.6) is 0 Å². The summed E-state index contributed by atoms with van der Waals surface area (Å²) in [6, 6.07) is 1.47. The lowest BCUT2D eigenvalue weighted by atomic mass is 10.2. The highest BCUT2D eigenvalue weighted by atomic mass is 19.1. The van der Waals surface area contributed by atoms with Crippen LogP contribution >= 0.6 is 0 Å². The maximum Gasteiger partial charge on any atom is 0.141 e. The SMILES string of the molecule is CCCN(CCN(C)C)c1ncc(F)cc1CN. The Bertz CT molecular complexity index is 368. The van der Waals surface area contributed by atoms with Gasteiger partial charge in [0, 0.05) is 31.7 Å². The summed E-state index contributed by atoms with van der Waals surface area (Å²) in [6.07, 6.45) is 2.28. The summed E-state index contributed by atoms with van der Waals surface area (Å²) >= 11 is 0. The molecule has 5 heteroatoms. The summed E-state index contributed by atoms with van der Waals surface area (Å²) in [5, 5.41) is 0. The molecule has 1 aromatic rings. The van der Waals surface area contributed by atoms with Gasteiger partial charge in [0.1, 0.15) is 11.6 Å². The molecule has 18 heavy (non-hydrogen) atoms. The van der Waals surface area contributed by atoms with Gasteiger partial charge < -0.3 is 15.5 Å². The maximum atomic E-state index is 13.2. The number of hydrogen-bond acceptors (Lipinski definition) is 4. The Hall–Kier alpha value is -1.20. The van der Waals surface area contributed by atoms with Gasteiger partial charge in [-0.3, -0.25) is 0 Å². The van der Waals surface area contributed by atoms with Gasteiger partial charge in [-0.2, -0.15) is 0 Å². The molecule has 1 heterocycles. The summed E-state index contributed by atoms with van der Waals surface area (Å²) in [5.74, 6) is 0.478. The van der Waals surface area contributed by atoms with E-state index in [-0.39, 0.29) is 5.82 Å². The van der Waals surface area contributed by atoms with E-state index in [1.165, 1.54) is 12.3 Å². The quantitative estimate of drug-likeness (QED) is 0.800. The molecule has 4 nitrogen and oxygen atoms in total. The smallest absolute Gasteiger partial charge is 0.141 e. The molecule has 0 aliphatic heterocycles. The third-order valence-electron chi connectivity index (χ3n) is 2.74. The van der Waals surface area contributed by atoms with Crippen molar-refractivity contribution in [3.05, 3.63) is 23.6 Å². The van der Waals surface area contributed by atoms with Crippen molar-refractivity contribution in [2.24, 2.45) is 5.73 Å². The first-order chi connectivity index (χ1) is 8.58. The molecule has 0 radical (unpaired) electrons. The van der Waals surface area contributed by atoms with Gasteiger partial charge in [-0.05, 0) is 26.6 Å². The zero-order chi connectivity index (χ0) is 13.5. The third-order valence-corrected chi connectivity index (χ3v) is 2.74. The number of aromatic nitrogens is 1. The van der Waals surface area contributed by atoms with Crippen molar-refractivity contribution in [3.8, 4) is 0 Å². The molecule has 0 atom stereocenters. The molecule has 0 aliphatic rings. The Morgan fingerprint density at radius 1 is 1.28 bits per heavy atom. The number of hydrogen-bond donors (Lipinski definition) is 1. The van der Waals surface area contributed by atoms with Crippen molar-refractivity contribution < 1.29 is 4.39 Å². The van der Waals surface area contributed by atoms with Gasteiger partial charge in [0.05, 0.1) is 6.20 Å². The van der Waals surface area contributed by atoms with Crippen LogP contribution in [0.4, 0.5) is 10.2 Å². The second-order valence-electron chi connectivity index (χ2n) is 4.63. The van der Waals surface area contributed by atoms with Crippen molar-refractivity contribution in [2.75, 3.05) is 38.6 Å². The van der Waals surface area contributed by atoms with Crippen molar-refractivity contribution >= 4 is 5.82 Å². The average Bonchev–Trinajstić information content (AvgIpc) is 2.34. The molecule has 2 N–H and O–H groups in total. The van der Waals surface area contributed by atoms with Crippen molar-refractivity contribution in [2.45, 2.75) is 19.9 Å². The number of rotatable bonds is 7. The largest absolute Gasteiger partial charge is 0.355 e. The van der Waals surface area contributed by atoms with Crippen molar-refractivity contribution in [1.82, 2.24) is 9.88 Å². The fourth-order valence-electron chi connectivity index (χ4n) is 1.82. The van der Waals surface area contributed by atoms with Crippen LogP contribution < -0.4 is 10.6 Å². The molecule has 102 valence electrons. The molecular formula is C13H23FN4. The second kappa shape index (κ2) is 7.28. The van der Waals surface area contributed by atoms with Crippen LogP contribution in [0.2, 0.25) is 0 Å². The topological polar surface area (TPSA) is 45.4 Å². The molecule has 1 rings (SSSR count). The molecule has 0 aromatic carbocycles. The zero-order valence-corrected chi connectivity index (χ0v) is 11.5. The number of nitrogens with zero attached hydrogens (tertiary/aromatic N) is 3. The van der Waals surface area contributed by atoms with E-state index in [0.717, 1.165) is 37.4 Å². The molecule has 0 amide bonds. The Labute approximate surface area is 109 Å². The summed E-state index contributed by atoms with van der Waals surface area (Å²) in [5.41, 5.74) is 6.43. The van der Waals surface area contributed by atoms with Gasteiger partial charge in [0.25, 0.3) is 0 Å². The molecular weight excluding hydrogens is 231 g/mol. The van der Waals surface area contributed by atoms with E-state index >= 15 is 0 Å². The minimum absolute atomic E-state index is 0.308. The predicted octanol–water partition coefficient (Wildman–Crippen LogP) is 1.46. The Morgan fingerprint density at radius 3 is 2.56 bits per heavy atom. The van der Waals surface area contributed by atoms with Crippen LogP contribution in [-0.2, 0) is 6.54 Å². The van der Waals surface area contributed by atoms with Gasteiger partial charge in [0.2, 0.25) is 0 Å². The first kappa shape index (κ1) is 14.9. The predicted molar refractivity (Wildman–Crippen MR) is 73.1 cm³/mol. The Morgan fingerprint density at radius 2 is 2.00 bits per heavy atom. The number of pyridine rings is 1. The highest BCUT2D eigenvalue weighted by Gasteiger charge is 2.12. The standard InChI is InChI=1S/C13H23FN4/c1-4-5-18(7-6-17(2)3)13-11(9-15)8-12(14)10-16-13/h8,10H,4-7,9,15H2,1-3H3. The van der Waals surface area contributed by atoms with Gasteiger partial charge in [-0.25, -0.2) is 9.37 Å². The maximum absolute atomic E-state index is 13.2. The first-order valence-electron chi connectivity index (χ1n) is 6.32. The van der Waals surface area contributed by atoms with Crippen molar-refractivity contribution in [1.29, 1.82) is 0 Å². The first-order valence-corrected chi connectivity index (χ1v) is 6.32. The monoisotopic (exact) mass is 254 g/mol. The van der Waals surface area contributed by atoms with Gasteiger partial charge in [-0.15, -0.1) is 0 Å². The van der Waals surface area contributed by atoms with Crippen LogP contribution in [0, 0.1) is 5.82 Å². The lowest BCUT2D eigenvalue weighted by molar-refractivity contribution is 0.412. The van der Waals surface area contributed by atoms with Gasteiger partial charge >= 0.3 is 0 Å². The van der Waals surface area contributed by atoms with E-state index in [4.69, 9.17) is 5.73 Å². The summed E-state index contributed by atoms with van der Waals surface area (Å²) in [4.78, 5) is 8.49. The number of halogens is 1. The summed E-state index contributed by atoms with van der Waals surface area (Å²) in [7, 11) is 4.07. The van der Waals surface area contributed by atoms with Gasteiger partial charge in [-0.1, -0.05) is 6.92 Å².